The highest BCUT2D eigenvalue weighted by Crippen LogP contribution is 2.38. The zero-order chi connectivity index (χ0) is 26.3. The molecule has 0 saturated heterocycles. The maximum Gasteiger partial charge on any atom is 0.268 e. The fourth-order valence-electron chi connectivity index (χ4n) is 3.87. The van der Waals surface area contributed by atoms with Gasteiger partial charge in [-0.15, -0.1) is 0 Å². The third-order valence-corrected chi connectivity index (χ3v) is 7.10. The third-order valence-electron chi connectivity index (χ3n) is 6.13. The molecule has 1 unspecified atom stereocenters. The Morgan fingerprint density at radius 1 is 0.686 bits per heavy atom. The summed E-state index contributed by atoms with van der Waals surface area (Å²) in [5, 5.41) is 0. The number of unbranched alkanes of at least 4 members (excludes halogenated alkanes) is 15. The van der Waals surface area contributed by atoms with Crippen LogP contribution in [0.4, 0.5) is 0 Å². The average Bonchev–Trinajstić information content (AvgIpc) is 2.78. The van der Waals surface area contributed by atoms with Crippen LogP contribution in [-0.2, 0) is 23.1 Å². The topological polar surface area (TPSA) is 77.1 Å². The minimum Gasteiger partial charge on any atom is -0.756 e. The molecular weight excluding hydrogens is 465 g/mol. The van der Waals surface area contributed by atoms with Crippen molar-refractivity contribution >= 4 is 7.82 Å². The van der Waals surface area contributed by atoms with Crippen LogP contribution < -0.4 is 4.89 Å². The molecule has 8 heteroatoms. The van der Waals surface area contributed by atoms with Crippen LogP contribution in [0.2, 0.25) is 0 Å². The van der Waals surface area contributed by atoms with E-state index in [1.165, 1.54) is 89.9 Å². The van der Waals surface area contributed by atoms with Crippen LogP contribution in [0.1, 0.15) is 110 Å². The standard InChI is InChI=1S/C27H58NO6P/c1-6-7-8-9-10-11-12-13-14-15-16-17-18-19-20-21-23-32-27(25-31-5)26-34-35(29,30)33-24-22-28(2,3)4/h27H,6-26H2,1-5H3/t27-/m1/s1. The second kappa shape index (κ2) is 23.1. The lowest BCUT2D eigenvalue weighted by Crippen LogP contribution is -2.37. The number of phosphoric acid groups is 1. The van der Waals surface area contributed by atoms with E-state index in [1.54, 1.807) is 7.11 Å². The first-order valence-electron chi connectivity index (χ1n) is 14.2. The predicted octanol–water partition coefficient (Wildman–Crippen LogP) is 6.49. The SMILES string of the molecule is CCCCCCCCCCCCCCCCCCO[C@H](COC)COP(=O)([O-])OCC[N+](C)(C)C. The molecule has 0 aliphatic rings. The number of ether oxygens (including phenoxy) is 2. The van der Waals surface area contributed by atoms with Gasteiger partial charge >= 0.3 is 0 Å². The number of methoxy groups -OCH3 is 1. The molecule has 0 N–H and O–H groups in total. The number of likely N-dealkylation sites (N-methyl/N-ethyl adjacent to an activating group) is 1. The molecule has 7 nitrogen and oxygen atoms in total. The normalized spacial score (nSPS) is 14.8. The molecule has 35 heavy (non-hydrogen) atoms. The Morgan fingerprint density at radius 3 is 1.57 bits per heavy atom. The van der Waals surface area contributed by atoms with E-state index in [9.17, 15) is 9.46 Å². The summed E-state index contributed by atoms with van der Waals surface area (Å²) in [6, 6.07) is 0. The van der Waals surface area contributed by atoms with Crippen molar-refractivity contribution in [3.63, 3.8) is 0 Å². The summed E-state index contributed by atoms with van der Waals surface area (Å²) in [6.45, 7) is 3.73. The number of nitrogens with zero attached hydrogens (tertiary/aromatic N) is 1. The van der Waals surface area contributed by atoms with E-state index in [2.05, 4.69) is 6.92 Å². The first-order valence-corrected chi connectivity index (χ1v) is 15.7. The van der Waals surface area contributed by atoms with Gasteiger partial charge in [0, 0.05) is 13.7 Å². The van der Waals surface area contributed by atoms with Gasteiger partial charge in [-0.05, 0) is 6.42 Å². The highest BCUT2D eigenvalue weighted by atomic mass is 31.2. The zero-order valence-corrected chi connectivity index (χ0v) is 24.7. The lowest BCUT2D eigenvalue weighted by molar-refractivity contribution is -0.870. The zero-order valence-electron chi connectivity index (χ0n) is 23.8. The lowest BCUT2D eigenvalue weighted by Gasteiger charge is -2.28. The van der Waals surface area contributed by atoms with Crippen molar-refractivity contribution in [2.24, 2.45) is 0 Å². The number of quaternary nitrogens is 1. The van der Waals surface area contributed by atoms with E-state index < -0.39 is 13.9 Å². The molecule has 0 amide bonds. The summed E-state index contributed by atoms with van der Waals surface area (Å²) in [6.07, 6.45) is 20.9. The molecule has 0 aromatic carbocycles. The molecular formula is C27H58NO6P. The molecule has 0 rings (SSSR count). The number of phosphoric ester groups is 1. The maximum atomic E-state index is 11.9. The predicted molar refractivity (Wildman–Crippen MR) is 144 cm³/mol. The van der Waals surface area contributed by atoms with Crippen LogP contribution in [0, 0.1) is 0 Å². The Kier molecular flexibility index (Phi) is 23.1. The highest BCUT2D eigenvalue weighted by Gasteiger charge is 2.17. The van der Waals surface area contributed by atoms with Gasteiger partial charge in [0.05, 0.1) is 34.4 Å². The molecule has 0 aromatic heterocycles. The van der Waals surface area contributed by atoms with E-state index >= 15 is 0 Å². The third kappa shape index (κ3) is 26.9. The molecule has 0 spiro atoms. The van der Waals surface area contributed by atoms with Gasteiger partial charge in [0.15, 0.2) is 0 Å². The monoisotopic (exact) mass is 523 g/mol. The van der Waals surface area contributed by atoms with Crippen LogP contribution >= 0.6 is 7.82 Å². The Bertz CT molecular complexity index is 501. The van der Waals surface area contributed by atoms with Gasteiger partial charge in [0.25, 0.3) is 7.82 Å². The van der Waals surface area contributed by atoms with E-state index in [1.807, 2.05) is 21.1 Å². The molecule has 2 atom stereocenters. The van der Waals surface area contributed by atoms with Gasteiger partial charge in [-0.3, -0.25) is 4.57 Å². The Hall–Kier alpha value is -0.0100. The van der Waals surface area contributed by atoms with Crippen LogP contribution in [0.25, 0.3) is 0 Å². The molecule has 0 aliphatic heterocycles. The van der Waals surface area contributed by atoms with Gasteiger partial charge in [-0.1, -0.05) is 103 Å². The second-order valence-electron chi connectivity index (χ2n) is 10.8. The van der Waals surface area contributed by atoms with Crippen molar-refractivity contribution in [3.8, 4) is 0 Å². The number of rotatable bonds is 27. The minimum absolute atomic E-state index is 0.0855. The summed E-state index contributed by atoms with van der Waals surface area (Å²) in [7, 11) is 3.16. The Labute approximate surface area is 217 Å². The summed E-state index contributed by atoms with van der Waals surface area (Å²) < 4.78 is 33.4. The minimum atomic E-state index is -4.33. The molecule has 0 aliphatic carbocycles. The van der Waals surface area contributed by atoms with E-state index in [4.69, 9.17) is 18.5 Å². The maximum absolute atomic E-state index is 11.9. The average molecular weight is 524 g/mol. The van der Waals surface area contributed by atoms with Gasteiger partial charge < -0.3 is 27.9 Å². The van der Waals surface area contributed by atoms with Gasteiger partial charge in [0.1, 0.15) is 19.3 Å². The molecule has 0 heterocycles. The van der Waals surface area contributed by atoms with Crippen molar-refractivity contribution in [1.82, 2.24) is 0 Å². The van der Waals surface area contributed by atoms with Crippen molar-refractivity contribution < 1.29 is 32.5 Å². The summed E-state index contributed by atoms with van der Waals surface area (Å²) in [4.78, 5) is 11.9. The smallest absolute Gasteiger partial charge is 0.268 e. The first kappa shape index (κ1) is 35.0. The van der Waals surface area contributed by atoms with Gasteiger partial charge in [0.2, 0.25) is 0 Å². The molecule has 0 aromatic rings. The lowest BCUT2D eigenvalue weighted by atomic mass is 10.0. The van der Waals surface area contributed by atoms with E-state index in [0.29, 0.717) is 17.6 Å². The quantitative estimate of drug-likeness (QED) is 0.0696. The fourth-order valence-corrected chi connectivity index (χ4v) is 4.60. The van der Waals surface area contributed by atoms with Crippen molar-refractivity contribution in [1.29, 1.82) is 0 Å². The second-order valence-corrected chi connectivity index (χ2v) is 12.3. The summed E-state index contributed by atoms with van der Waals surface area (Å²) in [5.74, 6) is 0. The van der Waals surface area contributed by atoms with Crippen molar-refractivity contribution in [3.05, 3.63) is 0 Å². The summed E-state index contributed by atoms with van der Waals surface area (Å²) >= 11 is 0. The van der Waals surface area contributed by atoms with Gasteiger partial charge in [-0.2, -0.15) is 0 Å². The summed E-state index contributed by atoms with van der Waals surface area (Å²) in [5.41, 5.74) is 0. The Balaban J connectivity index is 3.62. The number of hydrogen-bond acceptors (Lipinski definition) is 6. The molecule has 0 radical (unpaired) electrons. The molecule has 212 valence electrons. The first-order chi connectivity index (χ1) is 16.7. The van der Waals surface area contributed by atoms with E-state index in [-0.39, 0.29) is 19.8 Å². The van der Waals surface area contributed by atoms with Crippen LogP contribution in [0.5, 0.6) is 0 Å². The van der Waals surface area contributed by atoms with Gasteiger partial charge in [-0.25, -0.2) is 0 Å². The molecule has 0 bridgehead atoms. The fraction of sp³-hybridized carbons (Fsp3) is 1.00. The van der Waals surface area contributed by atoms with E-state index in [0.717, 1.165) is 12.8 Å². The molecule has 0 saturated carbocycles. The number of hydrogen-bond donors (Lipinski definition) is 0. The van der Waals surface area contributed by atoms with Crippen LogP contribution in [0.15, 0.2) is 0 Å². The largest absolute Gasteiger partial charge is 0.756 e. The van der Waals surface area contributed by atoms with Crippen molar-refractivity contribution in [2.75, 3.05) is 61.2 Å². The molecule has 0 fully saturated rings. The Morgan fingerprint density at radius 2 is 1.14 bits per heavy atom. The van der Waals surface area contributed by atoms with Crippen LogP contribution in [0.3, 0.4) is 0 Å². The highest BCUT2D eigenvalue weighted by molar-refractivity contribution is 7.45. The van der Waals surface area contributed by atoms with Crippen LogP contribution in [-0.4, -0.2) is 71.8 Å². The van der Waals surface area contributed by atoms with Crippen molar-refractivity contribution in [2.45, 2.75) is 116 Å².